The first-order valence-corrected chi connectivity index (χ1v) is 10.3. The molecule has 0 radical (unpaired) electrons. The number of carboxylic acid groups (broad SMARTS) is 1. The number of carbonyl (C=O) groups is 4. The minimum atomic E-state index is -1.17. The third-order valence-electron chi connectivity index (χ3n) is 4.31. The lowest BCUT2D eigenvalue weighted by molar-refractivity contribution is -0.143. The summed E-state index contributed by atoms with van der Waals surface area (Å²) in [5.74, 6) is -3.12. The van der Waals surface area contributed by atoms with Crippen LogP contribution >= 0.6 is 0 Å². The molecular weight excluding hydrogens is 406 g/mol. The maximum absolute atomic E-state index is 12.6. The van der Waals surface area contributed by atoms with Gasteiger partial charge in [-0.15, -0.1) is 0 Å². The average molecular weight is 444 g/mol. The molecule has 31 heavy (non-hydrogen) atoms. The molecule has 0 bridgehead atoms. The van der Waals surface area contributed by atoms with Gasteiger partial charge in [-0.05, 0) is 31.1 Å². The van der Waals surface area contributed by atoms with Crippen LogP contribution in [0.5, 0.6) is 0 Å². The molecule has 0 heterocycles. The fraction of sp³-hybridized carbons (Fsp3) is 0.737. The number of aliphatic carboxylic acids is 1. The molecule has 0 aromatic carbocycles. The average Bonchev–Trinajstić information content (AvgIpc) is 2.64. The van der Waals surface area contributed by atoms with Crippen molar-refractivity contribution in [3.8, 4) is 0 Å². The second-order valence-electron chi connectivity index (χ2n) is 8.09. The number of nitrogens with zero attached hydrogens (tertiary/aromatic N) is 1. The van der Waals surface area contributed by atoms with Gasteiger partial charge in [-0.2, -0.15) is 0 Å². The number of nitrogens with one attached hydrogen (secondary N) is 3. The van der Waals surface area contributed by atoms with E-state index in [4.69, 9.17) is 22.3 Å². The van der Waals surface area contributed by atoms with Crippen LogP contribution in [0.15, 0.2) is 4.99 Å². The minimum absolute atomic E-state index is 0.0844. The Morgan fingerprint density at radius 2 is 1.61 bits per heavy atom. The van der Waals surface area contributed by atoms with E-state index in [9.17, 15) is 19.2 Å². The Morgan fingerprint density at radius 3 is 2.10 bits per heavy atom. The Balaban J connectivity index is 4.97. The molecule has 12 nitrogen and oxygen atoms in total. The minimum Gasteiger partial charge on any atom is -0.480 e. The fourth-order valence-electron chi connectivity index (χ4n) is 2.69. The van der Waals surface area contributed by atoms with E-state index in [0.717, 1.165) is 0 Å². The normalized spacial score (nSPS) is 13.8. The van der Waals surface area contributed by atoms with Crippen LogP contribution in [-0.2, 0) is 19.2 Å². The van der Waals surface area contributed by atoms with E-state index in [1.54, 1.807) is 13.8 Å². The highest BCUT2D eigenvalue weighted by molar-refractivity contribution is 5.92. The number of rotatable bonds is 14. The number of carbonyl (C=O) groups excluding carboxylic acids is 3. The summed E-state index contributed by atoms with van der Waals surface area (Å²) < 4.78 is 0. The van der Waals surface area contributed by atoms with Crippen LogP contribution in [0.1, 0.15) is 47.0 Å². The third kappa shape index (κ3) is 12.4. The maximum Gasteiger partial charge on any atom is 0.326 e. The molecule has 0 aromatic rings. The van der Waals surface area contributed by atoms with Crippen molar-refractivity contribution in [1.82, 2.24) is 16.0 Å². The molecule has 3 atom stereocenters. The summed E-state index contributed by atoms with van der Waals surface area (Å²) in [7, 11) is 0. The molecular formula is C19H37N7O5. The molecule has 0 saturated heterocycles. The van der Waals surface area contributed by atoms with E-state index in [2.05, 4.69) is 20.9 Å². The molecule has 3 unspecified atom stereocenters. The predicted octanol–water partition coefficient (Wildman–Crippen LogP) is -1.76. The Labute approximate surface area is 182 Å². The fourth-order valence-corrected chi connectivity index (χ4v) is 2.69. The van der Waals surface area contributed by atoms with Gasteiger partial charge in [0.1, 0.15) is 12.1 Å². The van der Waals surface area contributed by atoms with Gasteiger partial charge in [0.05, 0.1) is 12.6 Å². The molecule has 178 valence electrons. The summed E-state index contributed by atoms with van der Waals surface area (Å²) in [5.41, 5.74) is 16.4. The van der Waals surface area contributed by atoms with Crippen molar-refractivity contribution in [2.75, 3.05) is 13.1 Å². The summed E-state index contributed by atoms with van der Waals surface area (Å²) >= 11 is 0. The molecule has 0 aromatic heterocycles. The Bertz CT molecular complexity index is 648. The van der Waals surface area contributed by atoms with Crippen LogP contribution in [0.4, 0.5) is 0 Å². The molecule has 0 saturated carbocycles. The van der Waals surface area contributed by atoms with E-state index < -0.39 is 48.4 Å². The van der Waals surface area contributed by atoms with Gasteiger partial charge in [-0.1, -0.05) is 27.7 Å². The lowest BCUT2D eigenvalue weighted by Crippen LogP contribution is -2.54. The SMILES string of the molecule is CC(C)CC(N)C(=O)NC(CCCN=C(N)N)C(=O)NCC(=O)NC(C(=O)O)C(C)C. The second kappa shape index (κ2) is 14.2. The van der Waals surface area contributed by atoms with E-state index in [-0.39, 0.29) is 30.8 Å². The lowest BCUT2D eigenvalue weighted by atomic mass is 10.0. The highest BCUT2D eigenvalue weighted by Crippen LogP contribution is 2.05. The second-order valence-corrected chi connectivity index (χ2v) is 8.09. The molecule has 3 amide bonds. The standard InChI is InChI=1S/C19H37N7O5/c1-10(2)8-12(20)16(28)25-13(6-5-7-23-19(21)22)17(29)24-9-14(27)26-15(11(3)4)18(30)31/h10-13,15H,5-9,20H2,1-4H3,(H,24,29)(H,25,28)(H,26,27)(H,30,31)(H4,21,22,23). The molecule has 0 spiro atoms. The first-order chi connectivity index (χ1) is 14.3. The zero-order valence-electron chi connectivity index (χ0n) is 18.7. The smallest absolute Gasteiger partial charge is 0.326 e. The van der Waals surface area contributed by atoms with Crippen LogP contribution in [0.2, 0.25) is 0 Å². The predicted molar refractivity (Wildman–Crippen MR) is 117 cm³/mol. The molecule has 10 N–H and O–H groups in total. The van der Waals surface area contributed by atoms with Gasteiger partial charge < -0.3 is 38.3 Å². The van der Waals surface area contributed by atoms with Gasteiger partial charge >= 0.3 is 5.97 Å². The van der Waals surface area contributed by atoms with Crippen molar-refractivity contribution >= 4 is 29.7 Å². The number of hydrogen-bond acceptors (Lipinski definition) is 6. The number of nitrogens with two attached hydrogens (primary N) is 3. The number of carboxylic acids is 1. The topological polar surface area (TPSA) is 215 Å². The number of aliphatic imine (C=N–C) groups is 1. The molecule has 12 heteroatoms. The van der Waals surface area contributed by atoms with Crippen LogP contribution in [0, 0.1) is 11.8 Å². The monoisotopic (exact) mass is 443 g/mol. The van der Waals surface area contributed by atoms with Gasteiger partial charge in [-0.25, -0.2) is 4.79 Å². The molecule has 0 fully saturated rings. The third-order valence-corrected chi connectivity index (χ3v) is 4.31. The van der Waals surface area contributed by atoms with Crippen molar-refractivity contribution in [3.05, 3.63) is 0 Å². The zero-order valence-corrected chi connectivity index (χ0v) is 18.7. The van der Waals surface area contributed by atoms with Gasteiger partial charge in [0.25, 0.3) is 0 Å². The maximum atomic E-state index is 12.6. The lowest BCUT2D eigenvalue weighted by Gasteiger charge is -2.22. The first-order valence-electron chi connectivity index (χ1n) is 10.3. The van der Waals surface area contributed by atoms with Crippen molar-refractivity contribution in [2.24, 2.45) is 34.0 Å². The molecule has 0 rings (SSSR count). The highest BCUT2D eigenvalue weighted by Gasteiger charge is 2.26. The Kier molecular flexibility index (Phi) is 12.9. The van der Waals surface area contributed by atoms with E-state index in [1.807, 2.05) is 13.8 Å². The van der Waals surface area contributed by atoms with E-state index in [0.29, 0.717) is 12.8 Å². The summed E-state index contributed by atoms with van der Waals surface area (Å²) in [5, 5.41) is 16.5. The van der Waals surface area contributed by atoms with Crippen LogP contribution < -0.4 is 33.2 Å². The van der Waals surface area contributed by atoms with Gasteiger partial charge in [0.2, 0.25) is 17.7 Å². The van der Waals surface area contributed by atoms with Crippen LogP contribution in [-0.4, -0.2) is 66.0 Å². The van der Waals surface area contributed by atoms with E-state index >= 15 is 0 Å². The van der Waals surface area contributed by atoms with Crippen molar-refractivity contribution in [3.63, 3.8) is 0 Å². The summed E-state index contributed by atoms with van der Waals surface area (Å²) in [4.78, 5) is 52.0. The Morgan fingerprint density at radius 1 is 1.00 bits per heavy atom. The zero-order chi connectivity index (χ0) is 24.1. The molecule has 0 aliphatic carbocycles. The summed E-state index contributed by atoms with van der Waals surface area (Å²) in [6.45, 7) is 6.97. The van der Waals surface area contributed by atoms with Crippen molar-refractivity contribution < 1.29 is 24.3 Å². The Hall–Kier alpha value is -2.89. The van der Waals surface area contributed by atoms with Crippen molar-refractivity contribution in [2.45, 2.75) is 65.1 Å². The largest absolute Gasteiger partial charge is 0.480 e. The van der Waals surface area contributed by atoms with Crippen LogP contribution in [0.25, 0.3) is 0 Å². The molecule has 0 aliphatic heterocycles. The van der Waals surface area contributed by atoms with Crippen molar-refractivity contribution in [1.29, 1.82) is 0 Å². The number of amides is 3. The van der Waals surface area contributed by atoms with Gasteiger partial charge in [0.15, 0.2) is 5.96 Å². The number of guanidine groups is 1. The highest BCUT2D eigenvalue weighted by atomic mass is 16.4. The van der Waals surface area contributed by atoms with Gasteiger partial charge in [-0.3, -0.25) is 19.4 Å². The molecule has 0 aliphatic rings. The van der Waals surface area contributed by atoms with Gasteiger partial charge in [0, 0.05) is 6.54 Å². The summed E-state index contributed by atoms with van der Waals surface area (Å²) in [6, 6.07) is -2.81. The summed E-state index contributed by atoms with van der Waals surface area (Å²) in [6.07, 6.45) is 1.06. The van der Waals surface area contributed by atoms with Crippen LogP contribution in [0.3, 0.4) is 0 Å². The van der Waals surface area contributed by atoms with E-state index in [1.165, 1.54) is 0 Å². The first kappa shape index (κ1) is 28.1. The number of hydrogen-bond donors (Lipinski definition) is 7. The quantitative estimate of drug-likeness (QED) is 0.0924.